The Morgan fingerprint density at radius 1 is 1.06 bits per heavy atom. The molecule has 16 heavy (non-hydrogen) atoms. The van der Waals surface area contributed by atoms with Crippen molar-refractivity contribution < 1.29 is 32.3 Å². The van der Waals surface area contributed by atoms with Crippen molar-refractivity contribution in [2.75, 3.05) is 0 Å². The highest BCUT2D eigenvalue weighted by molar-refractivity contribution is 5.89. The van der Waals surface area contributed by atoms with Gasteiger partial charge in [-0.25, -0.2) is 27.2 Å². The number of isocyanates is 1. The number of hydrogen-bond acceptors (Lipinski definition) is 3. The summed E-state index contributed by atoms with van der Waals surface area (Å²) < 4.78 is 51.7. The van der Waals surface area contributed by atoms with Crippen LogP contribution in [0.1, 0.15) is 10.4 Å². The van der Waals surface area contributed by atoms with E-state index in [0.29, 0.717) is 6.08 Å². The molecule has 0 bridgehead atoms. The van der Waals surface area contributed by atoms with Gasteiger partial charge in [0.2, 0.25) is 6.08 Å². The summed E-state index contributed by atoms with van der Waals surface area (Å²) in [5, 5.41) is 8.29. The second-order valence-corrected chi connectivity index (χ2v) is 2.49. The summed E-state index contributed by atoms with van der Waals surface area (Å²) in [7, 11) is 0. The Balaban J connectivity index is 3.76. The number of halogens is 4. The fourth-order valence-electron chi connectivity index (χ4n) is 0.952. The zero-order valence-corrected chi connectivity index (χ0v) is 7.22. The number of rotatable bonds is 2. The quantitative estimate of drug-likeness (QED) is 0.368. The molecule has 1 rings (SSSR count). The van der Waals surface area contributed by atoms with Gasteiger partial charge in [-0.2, -0.15) is 4.99 Å². The van der Waals surface area contributed by atoms with E-state index in [1.54, 1.807) is 0 Å². The van der Waals surface area contributed by atoms with Crippen molar-refractivity contribution in [2.24, 2.45) is 4.99 Å². The highest BCUT2D eigenvalue weighted by Crippen LogP contribution is 2.29. The van der Waals surface area contributed by atoms with Gasteiger partial charge in [-0.1, -0.05) is 0 Å². The van der Waals surface area contributed by atoms with E-state index in [9.17, 15) is 27.2 Å². The van der Waals surface area contributed by atoms with Gasteiger partial charge in [0.25, 0.3) is 0 Å². The van der Waals surface area contributed by atoms with Crippen molar-refractivity contribution in [2.45, 2.75) is 0 Å². The number of nitrogens with zero attached hydrogens (tertiary/aromatic N) is 1. The van der Waals surface area contributed by atoms with Crippen LogP contribution in [-0.4, -0.2) is 17.2 Å². The third-order valence-corrected chi connectivity index (χ3v) is 1.61. The molecule has 0 aliphatic carbocycles. The molecule has 0 aliphatic rings. The third-order valence-electron chi connectivity index (χ3n) is 1.61. The summed E-state index contributed by atoms with van der Waals surface area (Å²) in [6.45, 7) is 0. The Bertz CT molecular complexity index is 461. The minimum absolute atomic E-state index is 0.683. The first-order valence-corrected chi connectivity index (χ1v) is 3.58. The number of aromatic carboxylic acids is 1. The standard InChI is InChI=1S/C8HF4NO3/c9-3-2(8(15)16)4(10)6(12)7(5(3)11)13-1-14/h(H,15,16). The van der Waals surface area contributed by atoms with E-state index in [4.69, 9.17) is 5.11 Å². The van der Waals surface area contributed by atoms with Gasteiger partial charge in [0.15, 0.2) is 29.0 Å². The summed E-state index contributed by atoms with van der Waals surface area (Å²) in [6, 6.07) is 0. The van der Waals surface area contributed by atoms with Gasteiger partial charge in [-0.15, -0.1) is 0 Å². The van der Waals surface area contributed by atoms with E-state index in [1.165, 1.54) is 0 Å². The highest BCUT2D eigenvalue weighted by Gasteiger charge is 2.29. The lowest BCUT2D eigenvalue weighted by molar-refractivity contribution is 0.0683. The summed E-state index contributed by atoms with van der Waals surface area (Å²) in [5.74, 6) is -10.6. The molecule has 4 nitrogen and oxygen atoms in total. The number of carboxylic acids is 1. The molecular weight excluding hydrogens is 234 g/mol. The van der Waals surface area contributed by atoms with Crippen LogP contribution < -0.4 is 0 Å². The number of hydrogen-bond donors (Lipinski definition) is 1. The first kappa shape index (κ1) is 11.9. The van der Waals surface area contributed by atoms with Crippen LogP contribution in [0.25, 0.3) is 0 Å². The lowest BCUT2D eigenvalue weighted by Crippen LogP contribution is -2.09. The SMILES string of the molecule is O=C=Nc1c(F)c(F)c(C(=O)O)c(F)c1F. The average molecular weight is 235 g/mol. The molecule has 0 aliphatic heterocycles. The van der Waals surface area contributed by atoms with Gasteiger partial charge >= 0.3 is 5.97 Å². The second kappa shape index (κ2) is 4.11. The van der Waals surface area contributed by atoms with Crippen LogP contribution in [0.4, 0.5) is 23.2 Å². The maximum absolute atomic E-state index is 12.9. The molecule has 8 heteroatoms. The van der Waals surface area contributed by atoms with E-state index in [0.717, 1.165) is 0 Å². The van der Waals surface area contributed by atoms with E-state index < -0.39 is 40.5 Å². The van der Waals surface area contributed by atoms with Crippen LogP contribution >= 0.6 is 0 Å². The monoisotopic (exact) mass is 235 g/mol. The Kier molecular flexibility index (Phi) is 3.05. The Hall–Kier alpha value is -2.21. The zero-order valence-electron chi connectivity index (χ0n) is 7.22. The molecule has 0 fully saturated rings. The zero-order chi connectivity index (χ0) is 12.5. The molecule has 0 amide bonds. The predicted octanol–water partition coefficient (Wildman–Crippen LogP) is 1.91. The number of benzene rings is 1. The molecule has 0 radical (unpaired) electrons. The molecule has 0 aromatic heterocycles. The number of aliphatic imine (C=N–C) groups is 1. The molecule has 1 aromatic carbocycles. The van der Waals surface area contributed by atoms with E-state index in [1.807, 2.05) is 0 Å². The van der Waals surface area contributed by atoms with E-state index in [2.05, 4.69) is 4.99 Å². The van der Waals surface area contributed by atoms with Crippen molar-refractivity contribution in [3.8, 4) is 0 Å². The van der Waals surface area contributed by atoms with Crippen LogP contribution in [0.3, 0.4) is 0 Å². The molecule has 0 spiro atoms. The minimum atomic E-state index is -2.19. The fraction of sp³-hybridized carbons (Fsp3) is 0. The average Bonchev–Trinajstić information content (AvgIpc) is 2.21. The smallest absolute Gasteiger partial charge is 0.341 e. The minimum Gasteiger partial charge on any atom is -0.477 e. The van der Waals surface area contributed by atoms with Gasteiger partial charge in [0, 0.05) is 0 Å². The van der Waals surface area contributed by atoms with Gasteiger partial charge in [-0.3, -0.25) is 0 Å². The molecule has 0 heterocycles. The van der Waals surface area contributed by atoms with Crippen molar-refractivity contribution in [1.82, 2.24) is 0 Å². The largest absolute Gasteiger partial charge is 0.477 e. The topological polar surface area (TPSA) is 66.7 Å². The molecule has 0 saturated carbocycles. The van der Waals surface area contributed by atoms with Crippen molar-refractivity contribution in [3.63, 3.8) is 0 Å². The van der Waals surface area contributed by atoms with Crippen LogP contribution in [0.2, 0.25) is 0 Å². The van der Waals surface area contributed by atoms with Gasteiger partial charge in [0.1, 0.15) is 5.56 Å². The molecule has 84 valence electrons. The molecule has 0 atom stereocenters. The molecular formula is C8HF4NO3. The number of carbonyl (C=O) groups is 1. The molecule has 1 aromatic rings. The van der Waals surface area contributed by atoms with Crippen molar-refractivity contribution >= 4 is 17.7 Å². The number of carbonyl (C=O) groups excluding carboxylic acids is 1. The first-order chi connectivity index (χ1) is 7.41. The Labute approximate surface area is 84.8 Å². The molecule has 0 saturated heterocycles. The van der Waals surface area contributed by atoms with Gasteiger partial charge < -0.3 is 5.11 Å². The normalized spacial score (nSPS) is 9.75. The van der Waals surface area contributed by atoms with Crippen LogP contribution in [0.15, 0.2) is 4.99 Å². The van der Waals surface area contributed by atoms with Crippen LogP contribution in [-0.2, 0) is 4.79 Å². The van der Waals surface area contributed by atoms with Crippen molar-refractivity contribution in [1.29, 1.82) is 0 Å². The molecule has 0 unspecified atom stereocenters. The number of carboxylic acid groups (broad SMARTS) is 1. The summed E-state index contributed by atoms with van der Waals surface area (Å²) in [5.41, 5.74) is -3.35. The lowest BCUT2D eigenvalue weighted by Gasteiger charge is -2.04. The summed E-state index contributed by atoms with van der Waals surface area (Å²) >= 11 is 0. The Morgan fingerprint density at radius 3 is 1.81 bits per heavy atom. The third kappa shape index (κ3) is 1.66. The summed E-state index contributed by atoms with van der Waals surface area (Å²) in [4.78, 5) is 22.4. The maximum atomic E-state index is 12.9. The lowest BCUT2D eigenvalue weighted by atomic mass is 10.1. The van der Waals surface area contributed by atoms with Crippen molar-refractivity contribution in [3.05, 3.63) is 28.8 Å². The molecule has 1 N–H and O–H groups in total. The van der Waals surface area contributed by atoms with E-state index in [-0.39, 0.29) is 0 Å². The Morgan fingerprint density at radius 2 is 1.50 bits per heavy atom. The predicted molar refractivity (Wildman–Crippen MR) is 41.0 cm³/mol. The van der Waals surface area contributed by atoms with Crippen LogP contribution in [0, 0.1) is 23.3 Å². The van der Waals surface area contributed by atoms with Gasteiger partial charge in [-0.05, 0) is 0 Å². The second-order valence-electron chi connectivity index (χ2n) is 2.49. The highest BCUT2D eigenvalue weighted by atomic mass is 19.2. The fourth-order valence-corrected chi connectivity index (χ4v) is 0.952. The van der Waals surface area contributed by atoms with E-state index >= 15 is 0 Å². The first-order valence-electron chi connectivity index (χ1n) is 3.58. The van der Waals surface area contributed by atoms with Crippen LogP contribution in [0.5, 0.6) is 0 Å². The summed E-state index contributed by atoms with van der Waals surface area (Å²) in [6.07, 6.45) is 0.683. The van der Waals surface area contributed by atoms with Gasteiger partial charge in [0.05, 0.1) is 0 Å². The maximum Gasteiger partial charge on any atom is 0.341 e.